The zero-order chi connectivity index (χ0) is 12.6. The fourth-order valence-corrected chi connectivity index (χ4v) is 3.07. The predicted molar refractivity (Wildman–Crippen MR) is 71.8 cm³/mol. The maximum atomic E-state index is 5.92. The molecule has 96 valence electrons. The van der Waals surface area contributed by atoms with E-state index in [4.69, 9.17) is 10.5 Å². The van der Waals surface area contributed by atoms with Crippen molar-refractivity contribution in [2.24, 2.45) is 5.73 Å². The molecule has 1 saturated heterocycles. The molecule has 1 aromatic heterocycles. The average Bonchev–Trinajstić information content (AvgIpc) is 2.57. The number of aryl methyl sites for hydroxylation is 2. The zero-order valence-electron chi connectivity index (χ0n) is 11.0. The lowest BCUT2D eigenvalue weighted by Gasteiger charge is -2.42. The van der Waals surface area contributed by atoms with Gasteiger partial charge in [-0.05, 0) is 27.7 Å². The third-order valence-corrected chi connectivity index (χ3v) is 4.17. The van der Waals surface area contributed by atoms with Gasteiger partial charge in [0.25, 0.3) is 0 Å². The maximum absolute atomic E-state index is 5.92. The minimum Gasteiger partial charge on any atom is -0.367 e. The third kappa shape index (κ3) is 2.78. The molecule has 0 saturated carbocycles. The molecular weight excluding hydrogens is 234 g/mol. The van der Waals surface area contributed by atoms with Crippen molar-refractivity contribution >= 4 is 16.5 Å². The van der Waals surface area contributed by atoms with Gasteiger partial charge in [0.1, 0.15) is 0 Å². The molecule has 1 atom stereocenters. The van der Waals surface area contributed by atoms with Crippen molar-refractivity contribution in [3.05, 3.63) is 10.6 Å². The van der Waals surface area contributed by atoms with Crippen LogP contribution in [0.1, 0.15) is 24.4 Å². The first-order chi connectivity index (χ1) is 7.91. The number of thiazole rings is 1. The number of nitrogens with two attached hydrogens (primary N) is 1. The molecule has 2 N–H and O–H groups in total. The van der Waals surface area contributed by atoms with Crippen molar-refractivity contribution in [2.75, 3.05) is 24.5 Å². The second-order valence-electron chi connectivity index (χ2n) is 5.25. The SMILES string of the molecule is Cc1nc(N2CC(CN)OC(C)(C)C2)sc1C. The highest BCUT2D eigenvalue weighted by atomic mass is 32.1. The fourth-order valence-electron chi connectivity index (χ4n) is 2.16. The van der Waals surface area contributed by atoms with Gasteiger partial charge in [-0.25, -0.2) is 4.98 Å². The zero-order valence-corrected chi connectivity index (χ0v) is 11.8. The van der Waals surface area contributed by atoms with Crippen LogP contribution >= 0.6 is 11.3 Å². The highest BCUT2D eigenvalue weighted by molar-refractivity contribution is 7.15. The van der Waals surface area contributed by atoms with Gasteiger partial charge in [-0.15, -0.1) is 11.3 Å². The molecule has 0 amide bonds. The molecule has 1 unspecified atom stereocenters. The van der Waals surface area contributed by atoms with Crippen LogP contribution in [0.5, 0.6) is 0 Å². The van der Waals surface area contributed by atoms with E-state index in [-0.39, 0.29) is 11.7 Å². The summed E-state index contributed by atoms with van der Waals surface area (Å²) in [5, 5.41) is 1.09. The van der Waals surface area contributed by atoms with Gasteiger partial charge >= 0.3 is 0 Å². The Morgan fingerprint density at radius 3 is 2.76 bits per heavy atom. The molecule has 1 aliphatic rings. The molecule has 1 aromatic rings. The summed E-state index contributed by atoms with van der Waals surface area (Å²) in [5.41, 5.74) is 6.70. The van der Waals surface area contributed by atoms with Crippen LogP contribution in [0.25, 0.3) is 0 Å². The van der Waals surface area contributed by atoms with Crippen LogP contribution in [0.2, 0.25) is 0 Å². The van der Waals surface area contributed by atoms with E-state index < -0.39 is 0 Å². The molecule has 0 spiro atoms. The number of hydrogen-bond donors (Lipinski definition) is 1. The molecule has 2 rings (SSSR count). The molecule has 0 aliphatic carbocycles. The van der Waals surface area contributed by atoms with Crippen molar-refractivity contribution < 1.29 is 4.74 Å². The maximum Gasteiger partial charge on any atom is 0.185 e. The highest BCUT2D eigenvalue weighted by Crippen LogP contribution is 2.30. The van der Waals surface area contributed by atoms with Crippen LogP contribution in [-0.4, -0.2) is 36.3 Å². The summed E-state index contributed by atoms with van der Waals surface area (Å²) in [6.07, 6.45) is 0.100. The van der Waals surface area contributed by atoms with Gasteiger partial charge in [0.05, 0.1) is 17.4 Å². The van der Waals surface area contributed by atoms with Crippen LogP contribution in [0.3, 0.4) is 0 Å². The van der Waals surface area contributed by atoms with E-state index in [0.29, 0.717) is 6.54 Å². The van der Waals surface area contributed by atoms with Crippen LogP contribution < -0.4 is 10.6 Å². The quantitative estimate of drug-likeness (QED) is 0.874. The molecule has 1 fully saturated rings. The minimum absolute atomic E-state index is 0.100. The third-order valence-electron chi connectivity index (χ3n) is 3.03. The summed E-state index contributed by atoms with van der Waals surface area (Å²) >= 11 is 1.75. The molecule has 2 heterocycles. The van der Waals surface area contributed by atoms with Crippen molar-refractivity contribution in [1.29, 1.82) is 0 Å². The standard InChI is InChI=1S/C12H21N3OS/c1-8-9(2)17-11(14-8)15-6-10(5-13)16-12(3,4)7-15/h10H,5-7,13H2,1-4H3. The molecule has 5 heteroatoms. The average molecular weight is 255 g/mol. The highest BCUT2D eigenvalue weighted by Gasteiger charge is 2.34. The molecular formula is C12H21N3OS. The number of anilines is 1. The number of rotatable bonds is 2. The van der Waals surface area contributed by atoms with E-state index in [9.17, 15) is 0 Å². The Bertz CT molecular complexity index is 383. The minimum atomic E-state index is -0.157. The molecule has 0 radical (unpaired) electrons. The lowest BCUT2D eigenvalue weighted by molar-refractivity contribution is -0.0788. The van der Waals surface area contributed by atoms with Crippen molar-refractivity contribution in [2.45, 2.75) is 39.4 Å². The Morgan fingerprint density at radius 1 is 1.53 bits per heavy atom. The topological polar surface area (TPSA) is 51.4 Å². The summed E-state index contributed by atoms with van der Waals surface area (Å²) < 4.78 is 5.92. The van der Waals surface area contributed by atoms with Crippen LogP contribution in [0.4, 0.5) is 5.13 Å². The normalized spacial score (nSPS) is 24.1. The van der Waals surface area contributed by atoms with E-state index in [1.54, 1.807) is 11.3 Å². The first-order valence-electron chi connectivity index (χ1n) is 5.98. The summed E-state index contributed by atoms with van der Waals surface area (Å²) in [6.45, 7) is 10.7. The number of hydrogen-bond acceptors (Lipinski definition) is 5. The lowest BCUT2D eigenvalue weighted by atomic mass is 10.1. The molecule has 0 aromatic carbocycles. The Balaban J connectivity index is 2.20. The number of morpholine rings is 1. The molecule has 0 bridgehead atoms. The van der Waals surface area contributed by atoms with Crippen LogP contribution in [0, 0.1) is 13.8 Å². The Kier molecular flexibility index (Phi) is 3.43. The number of ether oxygens (including phenoxy) is 1. The van der Waals surface area contributed by atoms with Crippen molar-refractivity contribution in [3.63, 3.8) is 0 Å². The second kappa shape index (κ2) is 4.55. The van der Waals surface area contributed by atoms with Gasteiger partial charge in [-0.2, -0.15) is 0 Å². The summed E-state index contributed by atoms with van der Waals surface area (Å²) in [5.74, 6) is 0. The van der Waals surface area contributed by atoms with Crippen LogP contribution in [-0.2, 0) is 4.74 Å². The molecule has 1 aliphatic heterocycles. The summed E-state index contributed by atoms with van der Waals surface area (Å²) in [7, 11) is 0. The largest absolute Gasteiger partial charge is 0.367 e. The van der Waals surface area contributed by atoms with E-state index in [1.165, 1.54) is 4.88 Å². The number of aromatic nitrogens is 1. The number of nitrogens with zero attached hydrogens (tertiary/aromatic N) is 2. The molecule has 17 heavy (non-hydrogen) atoms. The Hall–Kier alpha value is -0.650. The van der Waals surface area contributed by atoms with Crippen LogP contribution in [0.15, 0.2) is 0 Å². The van der Waals surface area contributed by atoms with Gasteiger partial charge < -0.3 is 15.4 Å². The second-order valence-corrected chi connectivity index (χ2v) is 6.44. The molecule has 4 nitrogen and oxygen atoms in total. The van der Waals surface area contributed by atoms with E-state index >= 15 is 0 Å². The van der Waals surface area contributed by atoms with Gasteiger partial charge in [0.15, 0.2) is 5.13 Å². The van der Waals surface area contributed by atoms with Crippen molar-refractivity contribution in [3.8, 4) is 0 Å². The van der Waals surface area contributed by atoms with E-state index in [2.05, 4.69) is 37.6 Å². The summed E-state index contributed by atoms with van der Waals surface area (Å²) in [4.78, 5) is 8.20. The predicted octanol–water partition coefficient (Wildman–Crippen LogP) is 1.70. The van der Waals surface area contributed by atoms with Gasteiger partial charge in [-0.3, -0.25) is 0 Å². The Morgan fingerprint density at radius 2 is 2.24 bits per heavy atom. The summed E-state index contributed by atoms with van der Waals surface area (Å²) in [6, 6.07) is 0. The van der Waals surface area contributed by atoms with E-state index in [1.807, 2.05) is 0 Å². The van der Waals surface area contributed by atoms with Crippen molar-refractivity contribution in [1.82, 2.24) is 4.98 Å². The van der Waals surface area contributed by atoms with Gasteiger partial charge in [0, 0.05) is 24.5 Å². The Labute approximate surface area is 107 Å². The monoisotopic (exact) mass is 255 g/mol. The van der Waals surface area contributed by atoms with Gasteiger partial charge in [-0.1, -0.05) is 0 Å². The first kappa shape index (κ1) is 12.8. The smallest absolute Gasteiger partial charge is 0.185 e. The lowest BCUT2D eigenvalue weighted by Crippen LogP contribution is -2.54. The van der Waals surface area contributed by atoms with Gasteiger partial charge in [0.2, 0.25) is 0 Å². The van der Waals surface area contributed by atoms with E-state index in [0.717, 1.165) is 23.9 Å². The fraction of sp³-hybridized carbons (Fsp3) is 0.750. The first-order valence-corrected chi connectivity index (χ1v) is 6.80.